The molecule has 4 rings (SSSR count). The van der Waals surface area contributed by atoms with Gasteiger partial charge in [-0.1, -0.05) is 48.0 Å². The second-order valence-electron chi connectivity index (χ2n) is 6.27. The maximum Gasteiger partial charge on any atom is 0.338 e. The van der Waals surface area contributed by atoms with Gasteiger partial charge in [0, 0.05) is 10.9 Å². The van der Waals surface area contributed by atoms with Crippen LogP contribution in [-0.2, 0) is 4.74 Å². The van der Waals surface area contributed by atoms with Gasteiger partial charge in [0.05, 0.1) is 12.7 Å². The number of hydrogen-bond acceptors (Lipinski definition) is 3. The Morgan fingerprint density at radius 3 is 2.46 bits per heavy atom. The van der Waals surface area contributed by atoms with Crippen LogP contribution in [0.2, 0.25) is 0 Å². The fourth-order valence-corrected chi connectivity index (χ4v) is 3.14. The Hall–Kier alpha value is -3.33. The molecule has 0 amide bonds. The summed E-state index contributed by atoms with van der Waals surface area (Å²) in [6.07, 6.45) is 0. The van der Waals surface area contributed by atoms with E-state index >= 15 is 0 Å². The zero-order chi connectivity index (χ0) is 18.1. The Morgan fingerprint density at radius 1 is 0.885 bits per heavy atom. The number of furan rings is 1. The van der Waals surface area contributed by atoms with Crippen LogP contribution in [0.3, 0.4) is 0 Å². The number of benzene rings is 3. The first-order chi connectivity index (χ1) is 12.7. The predicted molar refractivity (Wildman–Crippen MR) is 103 cm³/mol. The molecule has 0 spiro atoms. The zero-order valence-electron chi connectivity index (χ0n) is 14.7. The monoisotopic (exact) mass is 342 g/mol. The first kappa shape index (κ1) is 16.2. The van der Waals surface area contributed by atoms with E-state index in [1.165, 1.54) is 7.11 Å². The Bertz CT molecular complexity index is 1090. The van der Waals surface area contributed by atoms with Gasteiger partial charge in [0.25, 0.3) is 0 Å². The molecule has 0 aliphatic carbocycles. The van der Waals surface area contributed by atoms with Gasteiger partial charge in [-0.3, -0.25) is 0 Å². The quantitative estimate of drug-likeness (QED) is 0.438. The molecule has 128 valence electrons. The third-order valence-electron chi connectivity index (χ3n) is 4.47. The molecule has 0 aliphatic heterocycles. The maximum atomic E-state index is 12.1. The lowest BCUT2D eigenvalue weighted by atomic mass is 10.0. The smallest absolute Gasteiger partial charge is 0.338 e. The van der Waals surface area contributed by atoms with Crippen molar-refractivity contribution < 1.29 is 13.9 Å². The largest absolute Gasteiger partial charge is 0.465 e. The number of esters is 1. The normalized spacial score (nSPS) is 10.8. The Kier molecular flexibility index (Phi) is 4.05. The van der Waals surface area contributed by atoms with E-state index in [4.69, 9.17) is 9.15 Å². The molecule has 3 aromatic carbocycles. The minimum atomic E-state index is -0.370. The molecule has 3 nitrogen and oxygen atoms in total. The molecule has 3 heteroatoms. The van der Waals surface area contributed by atoms with Crippen molar-refractivity contribution >= 4 is 16.9 Å². The molecule has 4 aromatic rings. The summed E-state index contributed by atoms with van der Waals surface area (Å²) in [4.78, 5) is 12.1. The number of carbonyl (C=O) groups is 1. The van der Waals surface area contributed by atoms with Gasteiger partial charge < -0.3 is 9.15 Å². The van der Waals surface area contributed by atoms with Crippen LogP contribution in [0.15, 0.2) is 77.2 Å². The lowest BCUT2D eigenvalue weighted by Gasteiger charge is -2.06. The molecule has 1 aromatic heterocycles. The number of methoxy groups -OCH3 is 1. The van der Waals surface area contributed by atoms with Crippen molar-refractivity contribution in [3.63, 3.8) is 0 Å². The minimum Gasteiger partial charge on any atom is -0.465 e. The summed E-state index contributed by atoms with van der Waals surface area (Å²) in [7, 11) is 1.39. The SMILES string of the molecule is COC(=O)c1ccc(C)cc1-c1cc2cc(-c3ccccc3)ccc2o1. The highest BCUT2D eigenvalue weighted by Crippen LogP contribution is 2.33. The number of rotatable bonds is 3. The summed E-state index contributed by atoms with van der Waals surface area (Å²) in [5.41, 5.74) is 5.37. The highest BCUT2D eigenvalue weighted by molar-refractivity contribution is 5.98. The van der Waals surface area contributed by atoms with Crippen LogP contribution in [-0.4, -0.2) is 13.1 Å². The topological polar surface area (TPSA) is 39.4 Å². The van der Waals surface area contributed by atoms with E-state index in [-0.39, 0.29) is 5.97 Å². The van der Waals surface area contributed by atoms with Crippen molar-refractivity contribution in [3.8, 4) is 22.5 Å². The van der Waals surface area contributed by atoms with Crippen LogP contribution in [0.1, 0.15) is 15.9 Å². The summed E-state index contributed by atoms with van der Waals surface area (Å²) < 4.78 is 10.9. The number of fused-ring (bicyclic) bond motifs is 1. The summed E-state index contributed by atoms with van der Waals surface area (Å²) in [5, 5.41) is 0.999. The fourth-order valence-electron chi connectivity index (χ4n) is 3.14. The predicted octanol–water partition coefficient (Wildman–Crippen LogP) is 5.86. The van der Waals surface area contributed by atoms with E-state index in [1.54, 1.807) is 6.07 Å². The zero-order valence-corrected chi connectivity index (χ0v) is 14.7. The maximum absolute atomic E-state index is 12.1. The van der Waals surface area contributed by atoms with Crippen molar-refractivity contribution in [3.05, 3.63) is 83.9 Å². The molecule has 0 saturated carbocycles. The second kappa shape index (κ2) is 6.52. The molecule has 26 heavy (non-hydrogen) atoms. The van der Waals surface area contributed by atoms with Crippen molar-refractivity contribution in [2.45, 2.75) is 6.92 Å². The van der Waals surface area contributed by atoms with Gasteiger partial charge in [0.15, 0.2) is 0 Å². The molecular weight excluding hydrogens is 324 g/mol. The van der Waals surface area contributed by atoms with Crippen molar-refractivity contribution in [2.24, 2.45) is 0 Å². The molecule has 0 N–H and O–H groups in total. The molecule has 0 aliphatic rings. The number of hydrogen-bond donors (Lipinski definition) is 0. The first-order valence-electron chi connectivity index (χ1n) is 8.44. The van der Waals surface area contributed by atoms with Crippen molar-refractivity contribution in [1.82, 2.24) is 0 Å². The average Bonchev–Trinajstić information content (AvgIpc) is 3.11. The summed E-state index contributed by atoms with van der Waals surface area (Å²) in [6.45, 7) is 1.99. The minimum absolute atomic E-state index is 0.370. The van der Waals surface area contributed by atoms with Gasteiger partial charge in [-0.15, -0.1) is 0 Å². The molecule has 0 atom stereocenters. The molecular formula is C23H18O3. The van der Waals surface area contributed by atoms with Crippen molar-refractivity contribution in [1.29, 1.82) is 0 Å². The molecule has 0 saturated heterocycles. The Labute approximate surface area is 151 Å². The fraction of sp³-hybridized carbons (Fsp3) is 0.0870. The molecule has 0 fully saturated rings. The van der Waals surface area contributed by atoms with E-state index < -0.39 is 0 Å². The molecule has 0 radical (unpaired) electrons. The van der Waals surface area contributed by atoms with Crippen LogP contribution >= 0.6 is 0 Å². The molecule has 0 bridgehead atoms. The molecule has 1 heterocycles. The van der Waals surface area contributed by atoms with E-state index in [0.717, 1.165) is 33.2 Å². The van der Waals surface area contributed by atoms with Gasteiger partial charge in [0.1, 0.15) is 11.3 Å². The average molecular weight is 342 g/mol. The lowest BCUT2D eigenvalue weighted by molar-refractivity contribution is 0.0601. The third-order valence-corrected chi connectivity index (χ3v) is 4.47. The number of carbonyl (C=O) groups excluding carboxylic acids is 1. The van der Waals surface area contributed by atoms with Gasteiger partial charge in [-0.05, 0) is 48.4 Å². The van der Waals surface area contributed by atoms with Crippen LogP contribution in [0.5, 0.6) is 0 Å². The van der Waals surface area contributed by atoms with Crippen LogP contribution in [0.25, 0.3) is 33.4 Å². The van der Waals surface area contributed by atoms with Crippen LogP contribution in [0, 0.1) is 6.92 Å². The van der Waals surface area contributed by atoms with Gasteiger partial charge >= 0.3 is 5.97 Å². The molecule has 0 unspecified atom stereocenters. The van der Waals surface area contributed by atoms with Crippen molar-refractivity contribution in [2.75, 3.05) is 7.11 Å². The highest BCUT2D eigenvalue weighted by Gasteiger charge is 2.17. The van der Waals surface area contributed by atoms with Gasteiger partial charge in [-0.2, -0.15) is 0 Å². The standard InChI is InChI=1S/C23H18O3/c1-15-8-10-19(23(24)25-2)20(12-15)22-14-18-13-17(9-11-21(18)26-22)16-6-4-3-5-7-16/h3-14H,1-2H3. The van der Waals surface area contributed by atoms with Crippen LogP contribution in [0.4, 0.5) is 0 Å². The van der Waals surface area contributed by atoms with E-state index in [0.29, 0.717) is 11.3 Å². The number of aryl methyl sites for hydroxylation is 1. The first-order valence-corrected chi connectivity index (χ1v) is 8.44. The van der Waals surface area contributed by atoms with E-state index in [1.807, 2.05) is 55.5 Å². The lowest BCUT2D eigenvalue weighted by Crippen LogP contribution is -2.03. The van der Waals surface area contributed by atoms with Gasteiger partial charge in [-0.25, -0.2) is 4.79 Å². The summed E-state index contributed by atoms with van der Waals surface area (Å²) in [5.74, 6) is 0.291. The third kappa shape index (κ3) is 2.88. The second-order valence-corrected chi connectivity index (χ2v) is 6.27. The van der Waals surface area contributed by atoms with Gasteiger partial charge in [0.2, 0.25) is 0 Å². The van der Waals surface area contributed by atoms with E-state index in [2.05, 4.69) is 18.2 Å². The van der Waals surface area contributed by atoms with Crippen LogP contribution < -0.4 is 0 Å². The highest BCUT2D eigenvalue weighted by atomic mass is 16.5. The number of ether oxygens (including phenoxy) is 1. The van der Waals surface area contributed by atoms with E-state index in [9.17, 15) is 4.79 Å². The Balaban J connectivity index is 1.84. The Morgan fingerprint density at radius 2 is 1.69 bits per heavy atom. The summed E-state index contributed by atoms with van der Waals surface area (Å²) in [6, 6.07) is 23.9. The summed E-state index contributed by atoms with van der Waals surface area (Å²) >= 11 is 0.